The van der Waals surface area contributed by atoms with Gasteiger partial charge in [-0.05, 0) is 44.5 Å². The van der Waals surface area contributed by atoms with E-state index in [0.29, 0.717) is 12.1 Å². The van der Waals surface area contributed by atoms with Crippen LogP contribution in [-0.2, 0) is 6.54 Å². The molecule has 0 spiro atoms. The van der Waals surface area contributed by atoms with E-state index < -0.39 is 0 Å². The van der Waals surface area contributed by atoms with Crippen molar-refractivity contribution in [2.24, 2.45) is 0 Å². The molecule has 1 aliphatic heterocycles. The lowest BCUT2D eigenvalue weighted by molar-refractivity contribution is 0.0938. The summed E-state index contributed by atoms with van der Waals surface area (Å²) in [5.74, 6) is -0.0193. The number of nitrogens with one attached hydrogen (secondary N) is 2. The maximum absolute atomic E-state index is 12.6. The summed E-state index contributed by atoms with van der Waals surface area (Å²) in [5.41, 5.74) is 3.54. The summed E-state index contributed by atoms with van der Waals surface area (Å²) in [6.45, 7) is 6.32. The molecule has 2 heterocycles. The summed E-state index contributed by atoms with van der Waals surface area (Å²) in [6, 6.07) is 8.35. The normalized spacial score (nSPS) is 16.7. The first kappa shape index (κ1) is 19.0. The molecule has 2 N–H and O–H groups in total. The lowest BCUT2D eigenvalue weighted by Gasteiger charge is -2.11. The Kier molecular flexibility index (Phi) is 6.43. The van der Waals surface area contributed by atoms with E-state index in [4.69, 9.17) is 0 Å². The van der Waals surface area contributed by atoms with Gasteiger partial charge in [0.2, 0.25) is 0 Å². The van der Waals surface area contributed by atoms with Crippen molar-refractivity contribution < 1.29 is 4.79 Å². The molecule has 7 heteroatoms. The molecule has 3 rings (SSSR count). The molecule has 0 saturated carbocycles. The van der Waals surface area contributed by atoms with Gasteiger partial charge in [0.05, 0.1) is 17.8 Å². The highest BCUT2D eigenvalue weighted by Crippen LogP contribution is 2.17. The zero-order valence-electron chi connectivity index (χ0n) is 13.8. The molecule has 1 atom stereocenters. The third kappa shape index (κ3) is 4.18. The highest BCUT2D eigenvalue weighted by atomic mass is 79.9. The number of halogens is 2. The molecular weight excluding hydrogens is 392 g/mol. The predicted octanol–water partition coefficient (Wildman–Crippen LogP) is 2.82. The van der Waals surface area contributed by atoms with Crippen molar-refractivity contribution in [3.8, 4) is 0 Å². The second-order valence-corrected chi connectivity index (χ2v) is 6.91. The van der Waals surface area contributed by atoms with Gasteiger partial charge >= 0.3 is 0 Å². The molecule has 1 unspecified atom stereocenters. The first-order chi connectivity index (χ1) is 11.0. The first-order valence-electron chi connectivity index (χ1n) is 7.84. The minimum Gasteiger partial charge on any atom is -0.348 e. The van der Waals surface area contributed by atoms with Gasteiger partial charge in [-0.1, -0.05) is 28.1 Å². The minimum atomic E-state index is -0.0193. The molecule has 1 fully saturated rings. The molecule has 2 aromatic rings. The number of aromatic nitrogens is 2. The van der Waals surface area contributed by atoms with Gasteiger partial charge in [-0.2, -0.15) is 5.10 Å². The number of aryl methyl sites for hydroxylation is 1. The van der Waals surface area contributed by atoms with E-state index in [9.17, 15) is 4.79 Å². The Morgan fingerprint density at radius 1 is 1.46 bits per heavy atom. The van der Waals surface area contributed by atoms with Crippen LogP contribution in [0.2, 0.25) is 0 Å². The van der Waals surface area contributed by atoms with E-state index in [1.807, 2.05) is 30.7 Å². The van der Waals surface area contributed by atoms with Crippen LogP contribution < -0.4 is 10.6 Å². The molecule has 24 heavy (non-hydrogen) atoms. The van der Waals surface area contributed by atoms with Crippen LogP contribution in [0, 0.1) is 13.8 Å². The van der Waals surface area contributed by atoms with Crippen LogP contribution in [0.4, 0.5) is 0 Å². The van der Waals surface area contributed by atoms with Crippen molar-refractivity contribution in [2.45, 2.75) is 32.9 Å². The summed E-state index contributed by atoms with van der Waals surface area (Å²) in [4.78, 5) is 12.6. The zero-order valence-corrected chi connectivity index (χ0v) is 16.2. The number of benzene rings is 1. The summed E-state index contributed by atoms with van der Waals surface area (Å²) in [5, 5.41) is 10.9. The Balaban J connectivity index is 0.00000208. The molecule has 1 aromatic carbocycles. The maximum Gasteiger partial charge on any atom is 0.255 e. The number of amides is 1. The Morgan fingerprint density at radius 3 is 2.92 bits per heavy atom. The number of carbonyl (C=O) groups excluding carboxylic acids is 1. The first-order valence-corrected chi connectivity index (χ1v) is 8.64. The lowest BCUT2D eigenvalue weighted by Crippen LogP contribution is -2.36. The minimum absolute atomic E-state index is 0. The average Bonchev–Trinajstić information content (AvgIpc) is 3.08. The largest absolute Gasteiger partial charge is 0.348 e. The summed E-state index contributed by atoms with van der Waals surface area (Å²) in [7, 11) is 0. The van der Waals surface area contributed by atoms with Crippen molar-refractivity contribution in [1.29, 1.82) is 0 Å². The van der Waals surface area contributed by atoms with E-state index >= 15 is 0 Å². The van der Waals surface area contributed by atoms with E-state index in [2.05, 4.69) is 43.8 Å². The molecule has 130 valence electrons. The molecule has 1 amide bonds. The van der Waals surface area contributed by atoms with E-state index in [-0.39, 0.29) is 24.4 Å². The zero-order chi connectivity index (χ0) is 16.4. The third-order valence-electron chi connectivity index (χ3n) is 4.23. The molecule has 1 saturated heterocycles. The molecule has 1 aromatic heterocycles. The molecule has 5 nitrogen and oxygen atoms in total. The van der Waals surface area contributed by atoms with Crippen molar-refractivity contribution in [1.82, 2.24) is 20.4 Å². The maximum atomic E-state index is 12.6. The summed E-state index contributed by atoms with van der Waals surface area (Å²) < 4.78 is 2.95. The second kappa shape index (κ2) is 8.14. The average molecular weight is 414 g/mol. The van der Waals surface area contributed by atoms with E-state index in [0.717, 1.165) is 40.9 Å². The number of hydrogen-bond acceptors (Lipinski definition) is 3. The molecular formula is C17H22BrClN4O. The summed E-state index contributed by atoms with van der Waals surface area (Å²) >= 11 is 3.49. The van der Waals surface area contributed by atoms with Crippen molar-refractivity contribution in [3.63, 3.8) is 0 Å². The van der Waals surface area contributed by atoms with Crippen LogP contribution in [0.1, 0.15) is 33.7 Å². The van der Waals surface area contributed by atoms with Gasteiger partial charge in [0.25, 0.3) is 5.91 Å². The highest BCUT2D eigenvalue weighted by Gasteiger charge is 2.23. The second-order valence-electron chi connectivity index (χ2n) is 6.00. The Hall–Kier alpha value is -1.37. The molecule has 0 radical (unpaired) electrons. The number of hydrogen-bond donors (Lipinski definition) is 2. The SMILES string of the molecule is Cc1nn(Cc2cccc(Br)c2)c(C)c1C(=O)NC1CCNC1.Cl. The fourth-order valence-corrected chi connectivity index (χ4v) is 3.47. The third-order valence-corrected chi connectivity index (χ3v) is 4.72. The Bertz CT molecular complexity index is 725. The van der Waals surface area contributed by atoms with Gasteiger partial charge in [-0.15, -0.1) is 12.4 Å². The van der Waals surface area contributed by atoms with Crippen LogP contribution in [0.3, 0.4) is 0 Å². The fourth-order valence-electron chi connectivity index (χ4n) is 3.02. The smallest absolute Gasteiger partial charge is 0.255 e. The van der Waals surface area contributed by atoms with Crippen molar-refractivity contribution in [2.75, 3.05) is 13.1 Å². The van der Waals surface area contributed by atoms with Gasteiger partial charge in [0.1, 0.15) is 0 Å². The lowest BCUT2D eigenvalue weighted by atomic mass is 10.1. The molecule has 0 aliphatic carbocycles. The van der Waals surface area contributed by atoms with Gasteiger partial charge in [0.15, 0.2) is 0 Å². The monoisotopic (exact) mass is 412 g/mol. The molecule has 1 aliphatic rings. The van der Waals surface area contributed by atoms with Crippen LogP contribution in [-0.4, -0.2) is 34.8 Å². The Labute approximate surface area is 156 Å². The Morgan fingerprint density at radius 2 is 2.25 bits per heavy atom. The van der Waals surface area contributed by atoms with Gasteiger partial charge < -0.3 is 10.6 Å². The van der Waals surface area contributed by atoms with E-state index in [1.165, 1.54) is 0 Å². The highest BCUT2D eigenvalue weighted by molar-refractivity contribution is 9.10. The van der Waals surface area contributed by atoms with Crippen LogP contribution in [0.15, 0.2) is 28.7 Å². The van der Waals surface area contributed by atoms with E-state index in [1.54, 1.807) is 0 Å². The number of rotatable bonds is 4. The van der Waals surface area contributed by atoms with Gasteiger partial charge in [0, 0.05) is 22.8 Å². The van der Waals surface area contributed by atoms with Crippen molar-refractivity contribution >= 4 is 34.2 Å². The molecule has 0 bridgehead atoms. The quantitative estimate of drug-likeness (QED) is 0.810. The standard InChI is InChI=1S/C17H21BrN4O.ClH/c1-11-16(17(23)20-15-6-7-19-9-15)12(2)22(21-11)10-13-4-3-5-14(18)8-13;/h3-5,8,15,19H,6-7,9-10H2,1-2H3,(H,20,23);1H. The van der Waals surface area contributed by atoms with Crippen LogP contribution >= 0.6 is 28.3 Å². The fraction of sp³-hybridized carbons (Fsp3) is 0.412. The van der Waals surface area contributed by atoms with Gasteiger partial charge in [-0.25, -0.2) is 0 Å². The topological polar surface area (TPSA) is 59.0 Å². The van der Waals surface area contributed by atoms with Crippen molar-refractivity contribution in [3.05, 3.63) is 51.3 Å². The van der Waals surface area contributed by atoms with Gasteiger partial charge in [-0.3, -0.25) is 9.48 Å². The number of carbonyl (C=O) groups is 1. The number of nitrogens with zero attached hydrogens (tertiary/aromatic N) is 2. The summed E-state index contributed by atoms with van der Waals surface area (Å²) in [6.07, 6.45) is 0.982. The van der Waals surface area contributed by atoms with Crippen LogP contribution in [0.5, 0.6) is 0 Å². The van der Waals surface area contributed by atoms with Crippen LogP contribution in [0.25, 0.3) is 0 Å². The predicted molar refractivity (Wildman–Crippen MR) is 101 cm³/mol.